The molecular formula is C2H9NOP2. The van der Waals surface area contributed by atoms with Crippen LogP contribution in [-0.4, -0.2) is 6.61 Å². The topological polar surface area (TPSA) is 35.2 Å². The van der Waals surface area contributed by atoms with Gasteiger partial charge in [-0.1, -0.05) is 0 Å². The lowest BCUT2D eigenvalue weighted by Gasteiger charge is -1.91. The Kier molecular flexibility index (Phi) is 6.53. The van der Waals surface area contributed by atoms with Crippen molar-refractivity contribution >= 4 is 16.9 Å². The first-order valence-electron chi connectivity index (χ1n) is 1.74. The number of rotatable bonds is 3. The van der Waals surface area contributed by atoms with Gasteiger partial charge < -0.3 is 10.0 Å². The highest BCUT2D eigenvalue weighted by molar-refractivity contribution is 8.08. The molecule has 2 unspecified atom stereocenters. The van der Waals surface area contributed by atoms with Crippen LogP contribution in [0.25, 0.3) is 0 Å². The van der Waals surface area contributed by atoms with E-state index >= 15 is 0 Å². The van der Waals surface area contributed by atoms with Crippen molar-refractivity contribution in [3.8, 4) is 0 Å². The quantitative estimate of drug-likeness (QED) is 0.452. The Hall–Kier alpha value is 0.780. The van der Waals surface area contributed by atoms with Crippen LogP contribution >= 0.6 is 16.9 Å². The molecule has 4 heteroatoms. The molecule has 0 aliphatic rings. The van der Waals surface area contributed by atoms with Crippen LogP contribution in [0.1, 0.15) is 6.92 Å². The Morgan fingerprint density at radius 3 is 2.67 bits per heavy atom. The Bertz CT molecular complexity index is 23.5. The van der Waals surface area contributed by atoms with Crippen LogP contribution in [-0.2, 0) is 4.52 Å². The first-order chi connectivity index (χ1) is 2.91. The molecule has 0 rings (SSSR count). The lowest BCUT2D eigenvalue weighted by atomic mass is 10.9. The normalized spacial score (nSPS) is 13.0. The second kappa shape index (κ2) is 5.78. The highest BCUT2D eigenvalue weighted by atomic mass is 32.0. The zero-order valence-corrected chi connectivity index (χ0v) is 5.69. The van der Waals surface area contributed by atoms with Gasteiger partial charge >= 0.3 is 0 Å². The van der Waals surface area contributed by atoms with E-state index < -0.39 is 0 Å². The van der Waals surface area contributed by atoms with Gasteiger partial charge in [0.1, 0.15) is 0 Å². The van der Waals surface area contributed by atoms with Crippen molar-refractivity contribution in [2.75, 3.05) is 6.61 Å². The van der Waals surface area contributed by atoms with E-state index in [1.807, 2.05) is 6.92 Å². The van der Waals surface area contributed by atoms with E-state index in [9.17, 15) is 0 Å². The first kappa shape index (κ1) is 6.78. The van der Waals surface area contributed by atoms with Crippen LogP contribution in [0.5, 0.6) is 0 Å². The summed E-state index contributed by atoms with van der Waals surface area (Å²) in [6.45, 7) is 2.76. The molecule has 0 aliphatic heterocycles. The van der Waals surface area contributed by atoms with Crippen molar-refractivity contribution < 1.29 is 4.52 Å². The lowest BCUT2D eigenvalue weighted by molar-refractivity contribution is 0.397. The summed E-state index contributed by atoms with van der Waals surface area (Å²) in [6, 6.07) is 0. The van der Waals surface area contributed by atoms with Crippen molar-refractivity contribution in [2.45, 2.75) is 6.92 Å². The van der Waals surface area contributed by atoms with Crippen molar-refractivity contribution in [2.24, 2.45) is 5.50 Å². The second-order valence-electron chi connectivity index (χ2n) is 0.679. The van der Waals surface area contributed by atoms with Gasteiger partial charge in [0.2, 0.25) is 0 Å². The minimum atomic E-state index is 0.470. The number of hydrogen-bond acceptors (Lipinski definition) is 2. The molecule has 0 amide bonds. The molecule has 38 valence electrons. The molecule has 0 fully saturated rings. The molecule has 0 aliphatic carbocycles. The summed E-state index contributed by atoms with van der Waals surface area (Å²) >= 11 is 0. The van der Waals surface area contributed by atoms with Crippen molar-refractivity contribution in [3.05, 3.63) is 0 Å². The van der Waals surface area contributed by atoms with Crippen LogP contribution < -0.4 is 5.50 Å². The Morgan fingerprint density at radius 1 is 1.83 bits per heavy atom. The maximum absolute atomic E-state index is 5.13. The van der Waals surface area contributed by atoms with Crippen molar-refractivity contribution in [1.82, 2.24) is 0 Å². The Morgan fingerprint density at radius 2 is 2.50 bits per heavy atom. The highest BCUT2D eigenvalue weighted by Crippen LogP contribution is 2.29. The second-order valence-corrected chi connectivity index (χ2v) is 2.94. The molecule has 0 aromatic rings. The van der Waals surface area contributed by atoms with Crippen LogP contribution in [0.4, 0.5) is 0 Å². The van der Waals surface area contributed by atoms with E-state index in [2.05, 4.69) is 0 Å². The number of hydrogen-bond donors (Lipinski definition) is 1. The molecule has 0 bridgehead atoms. The molecule has 0 heterocycles. The van der Waals surface area contributed by atoms with E-state index in [1.165, 1.54) is 0 Å². The molecule has 0 aromatic heterocycles. The molecule has 0 radical (unpaired) electrons. The molecule has 0 saturated heterocycles. The summed E-state index contributed by atoms with van der Waals surface area (Å²) in [5.41, 5.74) is 5.13. The average molecular weight is 125 g/mol. The van der Waals surface area contributed by atoms with E-state index in [1.54, 1.807) is 0 Å². The summed E-state index contributed by atoms with van der Waals surface area (Å²) < 4.78 is 4.90. The van der Waals surface area contributed by atoms with Crippen LogP contribution in [0.15, 0.2) is 0 Å². The standard InChI is InChI=1S/C2H9NOP2/c1-2-4-6-5-3/h5-6H,2-3H2,1H3. The van der Waals surface area contributed by atoms with Gasteiger partial charge in [0.15, 0.2) is 0 Å². The van der Waals surface area contributed by atoms with Gasteiger partial charge in [-0.05, 0) is 15.3 Å². The van der Waals surface area contributed by atoms with Gasteiger partial charge in [0.25, 0.3) is 0 Å². The van der Waals surface area contributed by atoms with Gasteiger partial charge in [-0.2, -0.15) is 0 Å². The third-order valence-electron chi connectivity index (χ3n) is 0.275. The van der Waals surface area contributed by atoms with Gasteiger partial charge in [-0.25, -0.2) is 0 Å². The van der Waals surface area contributed by atoms with Gasteiger partial charge in [0, 0.05) is 6.61 Å². The maximum atomic E-state index is 5.13. The largest absolute Gasteiger partial charge is 0.357 e. The first-order valence-corrected chi connectivity index (χ1v) is 4.72. The molecule has 2 atom stereocenters. The molecule has 0 saturated carbocycles. The van der Waals surface area contributed by atoms with E-state index in [0.29, 0.717) is 16.9 Å². The van der Waals surface area contributed by atoms with E-state index in [-0.39, 0.29) is 0 Å². The highest BCUT2D eigenvalue weighted by Gasteiger charge is 1.72. The van der Waals surface area contributed by atoms with Crippen LogP contribution in [0.3, 0.4) is 0 Å². The van der Waals surface area contributed by atoms with Gasteiger partial charge in [-0.3, -0.25) is 0 Å². The predicted molar refractivity (Wildman–Crippen MR) is 32.4 cm³/mol. The summed E-state index contributed by atoms with van der Waals surface area (Å²) in [7, 11) is 0.991. The molecule has 2 nitrogen and oxygen atoms in total. The molecule has 2 N–H and O–H groups in total. The van der Waals surface area contributed by atoms with Crippen LogP contribution in [0.2, 0.25) is 0 Å². The van der Waals surface area contributed by atoms with Gasteiger partial charge in [-0.15, -0.1) is 0 Å². The molecular weight excluding hydrogens is 116 g/mol. The smallest absolute Gasteiger partial charge is 0.0508 e. The maximum Gasteiger partial charge on any atom is 0.0508 e. The minimum Gasteiger partial charge on any atom is -0.357 e. The predicted octanol–water partition coefficient (Wildman–Crippen LogP) is 1.08. The van der Waals surface area contributed by atoms with Crippen molar-refractivity contribution in [1.29, 1.82) is 0 Å². The Labute approximate surface area is 41.4 Å². The number of nitrogens with two attached hydrogens (primary N) is 1. The molecule has 0 aromatic carbocycles. The molecule has 6 heavy (non-hydrogen) atoms. The fraction of sp³-hybridized carbons (Fsp3) is 1.00. The van der Waals surface area contributed by atoms with Crippen molar-refractivity contribution in [3.63, 3.8) is 0 Å². The van der Waals surface area contributed by atoms with Crippen LogP contribution in [0, 0.1) is 0 Å². The third kappa shape index (κ3) is 4.78. The summed E-state index contributed by atoms with van der Waals surface area (Å²) in [4.78, 5) is 0. The monoisotopic (exact) mass is 125 g/mol. The lowest BCUT2D eigenvalue weighted by Crippen LogP contribution is -1.71. The summed E-state index contributed by atoms with van der Waals surface area (Å²) in [5.74, 6) is 0. The Balaban J connectivity index is 2.34. The molecule has 0 spiro atoms. The SMILES string of the molecule is CCOPPN. The minimum absolute atomic E-state index is 0.470. The van der Waals surface area contributed by atoms with E-state index in [4.69, 9.17) is 10.0 Å². The fourth-order valence-electron chi connectivity index (χ4n) is 0.114. The average Bonchev–Trinajstić information content (AvgIpc) is 1.61. The summed E-state index contributed by atoms with van der Waals surface area (Å²) in [5, 5.41) is 0. The zero-order valence-electron chi connectivity index (χ0n) is 3.69. The summed E-state index contributed by atoms with van der Waals surface area (Å²) in [6.07, 6.45) is 0. The fourth-order valence-corrected chi connectivity index (χ4v) is 1.02. The third-order valence-corrected chi connectivity index (χ3v) is 1.61. The van der Waals surface area contributed by atoms with Gasteiger partial charge in [0.05, 0.1) is 8.50 Å². The van der Waals surface area contributed by atoms with E-state index in [0.717, 1.165) is 6.61 Å². The zero-order chi connectivity index (χ0) is 4.83.